The van der Waals surface area contributed by atoms with Gasteiger partial charge in [0.2, 0.25) is 17.6 Å². The fourth-order valence-corrected chi connectivity index (χ4v) is 3.35. The van der Waals surface area contributed by atoms with Crippen LogP contribution in [0.4, 0.5) is 0 Å². The molecule has 0 N–H and O–H groups in total. The molecule has 1 aliphatic heterocycles. The van der Waals surface area contributed by atoms with Gasteiger partial charge in [-0.1, -0.05) is 19.0 Å². The second kappa shape index (κ2) is 7.08. The highest BCUT2D eigenvalue weighted by molar-refractivity contribution is 5.60. The van der Waals surface area contributed by atoms with Gasteiger partial charge in [0.05, 0.1) is 18.7 Å². The van der Waals surface area contributed by atoms with Gasteiger partial charge in [-0.25, -0.2) is 4.98 Å². The number of piperidine rings is 1. The van der Waals surface area contributed by atoms with Crippen molar-refractivity contribution in [1.82, 2.24) is 20.0 Å². The van der Waals surface area contributed by atoms with Crippen LogP contribution in [-0.4, -0.2) is 39.7 Å². The van der Waals surface area contributed by atoms with Gasteiger partial charge in [-0.3, -0.25) is 4.90 Å². The van der Waals surface area contributed by atoms with E-state index in [-0.39, 0.29) is 0 Å². The average molecular weight is 316 g/mol. The predicted octanol–water partition coefficient (Wildman–Crippen LogP) is 3.01. The van der Waals surface area contributed by atoms with Crippen LogP contribution in [0.5, 0.6) is 5.88 Å². The summed E-state index contributed by atoms with van der Waals surface area (Å²) in [5.74, 6) is 3.15. The number of pyridine rings is 1. The number of nitrogens with zero attached hydrogens (tertiary/aromatic N) is 4. The maximum atomic E-state index is 5.54. The molecule has 3 heterocycles. The second-order valence-electron chi connectivity index (χ2n) is 6.44. The average Bonchev–Trinajstić information content (AvgIpc) is 2.95. The summed E-state index contributed by atoms with van der Waals surface area (Å²) in [4.78, 5) is 11.2. The number of hydrogen-bond acceptors (Lipinski definition) is 6. The maximum Gasteiger partial charge on any atom is 0.241 e. The molecule has 2 atom stereocenters. The number of likely N-dealkylation sites (tertiary alicyclic amines) is 1. The maximum absolute atomic E-state index is 5.54. The Balaban J connectivity index is 1.73. The van der Waals surface area contributed by atoms with Crippen molar-refractivity contribution in [2.45, 2.75) is 33.7 Å². The molecule has 1 saturated heterocycles. The molecule has 0 radical (unpaired) electrons. The van der Waals surface area contributed by atoms with E-state index >= 15 is 0 Å². The number of hydrogen-bond donors (Lipinski definition) is 0. The zero-order chi connectivity index (χ0) is 16.2. The van der Waals surface area contributed by atoms with Crippen molar-refractivity contribution in [3.8, 4) is 17.3 Å². The minimum absolute atomic E-state index is 0.537. The van der Waals surface area contributed by atoms with Crippen LogP contribution in [0.15, 0.2) is 22.9 Å². The lowest BCUT2D eigenvalue weighted by Crippen LogP contribution is -2.38. The van der Waals surface area contributed by atoms with E-state index in [1.165, 1.54) is 6.42 Å². The van der Waals surface area contributed by atoms with Gasteiger partial charge in [0.15, 0.2) is 0 Å². The molecule has 6 nitrogen and oxygen atoms in total. The van der Waals surface area contributed by atoms with E-state index in [1.54, 1.807) is 6.20 Å². The van der Waals surface area contributed by atoms with Gasteiger partial charge in [-0.2, -0.15) is 4.98 Å². The molecule has 1 aliphatic rings. The van der Waals surface area contributed by atoms with Gasteiger partial charge in [-0.15, -0.1) is 0 Å². The number of ether oxygens (including phenoxy) is 1. The molecule has 2 aromatic heterocycles. The first-order chi connectivity index (χ1) is 11.2. The molecule has 0 spiro atoms. The lowest BCUT2D eigenvalue weighted by molar-refractivity contribution is 0.121. The molecule has 23 heavy (non-hydrogen) atoms. The Bertz CT molecular complexity index is 633. The van der Waals surface area contributed by atoms with Crippen molar-refractivity contribution in [2.24, 2.45) is 11.8 Å². The summed E-state index contributed by atoms with van der Waals surface area (Å²) in [5.41, 5.74) is 0.768. The molecule has 2 aromatic rings. The number of aromatic nitrogens is 3. The van der Waals surface area contributed by atoms with Gasteiger partial charge >= 0.3 is 0 Å². The third-order valence-corrected chi connectivity index (χ3v) is 4.06. The Morgan fingerprint density at radius 3 is 2.83 bits per heavy atom. The van der Waals surface area contributed by atoms with Crippen molar-refractivity contribution in [2.75, 3.05) is 19.7 Å². The molecular weight excluding hydrogens is 292 g/mol. The lowest BCUT2D eigenvalue weighted by atomic mass is 9.92. The standard InChI is InChI=1S/C17H24N4O2/c1-4-22-17-14(6-5-7-18-17)16-19-15(23-20-16)11-21-9-12(2)8-13(3)10-21/h5-7,12-13H,4,8-11H2,1-3H3. The second-order valence-corrected chi connectivity index (χ2v) is 6.44. The summed E-state index contributed by atoms with van der Waals surface area (Å²) in [6.07, 6.45) is 2.99. The van der Waals surface area contributed by atoms with Gasteiger partial charge in [0.25, 0.3) is 0 Å². The molecule has 3 rings (SSSR count). The Morgan fingerprint density at radius 1 is 1.30 bits per heavy atom. The summed E-state index contributed by atoms with van der Waals surface area (Å²) in [7, 11) is 0. The van der Waals surface area contributed by atoms with E-state index in [0.29, 0.717) is 42.6 Å². The van der Waals surface area contributed by atoms with Crippen LogP contribution >= 0.6 is 0 Å². The van der Waals surface area contributed by atoms with Crippen LogP contribution in [0.1, 0.15) is 33.1 Å². The summed E-state index contributed by atoms with van der Waals surface area (Å²) >= 11 is 0. The van der Waals surface area contributed by atoms with Crippen molar-refractivity contribution in [3.63, 3.8) is 0 Å². The highest BCUT2D eigenvalue weighted by Gasteiger charge is 2.24. The van der Waals surface area contributed by atoms with Gasteiger partial charge in [-0.05, 0) is 37.3 Å². The Hall–Kier alpha value is -1.95. The Labute approximate surface area is 136 Å². The van der Waals surface area contributed by atoms with Crippen molar-refractivity contribution in [3.05, 3.63) is 24.2 Å². The fourth-order valence-electron chi connectivity index (χ4n) is 3.35. The third-order valence-electron chi connectivity index (χ3n) is 4.06. The van der Waals surface area contributed by atoms with E-state index in [1.807, 2.05) is 19.1 Å². The Morgan fingerprint density at radius 2 is 2.09 bits per heavy atom. The molecule has 0 amide bonds. The minimum atomic E-state index is 0.537. The molecule has 124 valence electrons. The van der Waals surface area contributed by atoms with Gasteiger partial charge in [0.1, 0.15) is 0 Å². The molecule has 0 aromatic carbocycles. The molecule has 0 saturated carbocycles. The topological polar surface area (TPSA) is 64.3 Å². The van der Waals surface area contributed by atoms with Crippen LogP contribution in [-0.2, 0) is 6.54 Å². The van der Waals surface area contributed by atoms with Gasteiger partial charge in [0, 0.05) is 19.3 Å². The largest absolute Gasteiger partial charge is 0.477 e. The number of rotatable bonds is 5. The predicted molar refractivity (Wildman–Crippen MR) is 86.9 cm³/mol. The molecular formula is C17H24N4O2. The lowest BCUT2D eigenvalue weighted by Gasteiger charge is -2.33. The van der Waals surface area contributed by atoms with Crippen molar-refractivity contribution >= 4 is 0 Å². The SMILES string of the molecule is CCOc1ncccc1-c1noc(CN2CC(C)CC(C)C2)n1. The monoisotopic (exact) mass is 316 g/mol. The highest BCUT2D eigenvalue weighted by Crippen LogP contribution is 2.26. The van der Waals surface area contributed by atoms with Crippen LogP contribution in [0, 0.1) is 11.8 Å². The summed E-state index contributed by atoms with van der Waals surface area (Å²) in [6.45, 7) is 9.94. The van der Waals surface area contributed by atoms with E-state index in [0.717, 1.165) is 18.7 Å². The van der Waals surface area contributed by atoms with Gasteiger partial charge < -0.3 is 9.26 Å². The molecule has 0 bridgehead atoms. The summed E-state index contributed by atoms with van der Waals surface area (Å²) in [6, 6.07) is 3.75. The van der Waals surface area contributed by atoms with Crippen LogP contribution in [0.2, 0.25) is 0 Å². The first-order valence-corrected chi connectivity index (χ1v) is 8.28. The molecule has 2 unspecified atom stereocenters. The molecule has 6 heteroatoms. The minimum Gasteiger partial charge on any atom is -0.477 e. The first-order valence-electron chi connectivity index (χ1n) is 8.28. The molecule has 1 fully saturated rings. The highest BCUT2D eigenvalue weighted by atomic mass is 16.5. The van der Waals surface area contributed by atoms with E-state index in [4.69, 9.17) is 9.26 Å². The third kappa shape index (κ3) is 3.88. The molecule has 0 aliphatic carbocycles. The normalized spacial score (nSPS) is 22.2. The summed E-state index contributed by atoms with van der Waals surface area (Å²) in [5, 5.41) is 4.10. The first kappa shape index (κ1) is 15.9. The van der Waals surface area contributed by atoms with E-state index < -0.39 is 0 Å². The van der Waals surface area contributed by atoms with Crippen LogP contribution in [0.25, 0.3) is 11.4 Å². The Kier molecular flexibility index (Phi) is 4.91. The van der Waals surface area contributed by atoms with E-state index in [9.17, 15) is 0 Å². The van der Waals surface area contributed by atoms with Crippen LogP contribution in [0.3, 0.4) is 0 Å². The quantitative estimate of drug-likeness (QED) is 0.845. The van der Waals surface area contributed by atoms with Crippen LogP contribution < -0.4 is 4.74 Å². The van der Waals surface area contributed by atoms with Crippen molar-refractivity contribution < 1.29 is 9.26 Å². The zero-order valence-electron chi connectivity index (χ0n) is 14.0. The summed E-state index contributed by atoms with van der Waals surface area (Å²) < 4.78 is 11.0. The smallest absolute Gasteiger partial charge is 0.241 e. The van der Waals surface area contributed by atoms with Crippen molar-refractivity contribution in [1.29, 1.82) is 0 Å². The van der Waals surface area contributed by atoms with E-state index in [2.05, 4.69) is 33.9 Å². The fraction of sp³-hybridized carbons (Fsp3) is 0.588. The zero-order valence-corrected chi connectivity index (χ0v) is 14.0.